The van der Waals surface area contributed by atoms with E-state index >= 15 is 0 Å². The van der Waals surface area contributed by atoms with Crippen LogP contribution in [-0.2, 0) is 0 Å². The Morgan fingerprint density at radius 1 is 0.0720 bits per heavy atom. The van der Waals surface area contributed by atoms with E-state index < -0.39 is 0 Å². The van der Waals surface area contributed by atoms with E-state index in [1.807, 2.05) is 0 Å². The molecule has 0 unspecified atom stereocenters. The summed E-state index contributed by atoms with van der Waals surface area (Å²) < 4.78 is 0. The molecule has 20 rings (SSSR count). The fourth-order valence-electron chi connectivity index (χ4n) is 15.9. The summed E-state index contributed by atoms with van der Waals surface area (Å²) in [7, 11) is 0. The molecule has 0 amide bonds. The van der Waals surface area contributed by atoms with Gasteiger partial charge in [-0.1, -0.05) is 483 Å². The largest absolute Gasteiger partial charge is 0.0622 e. The van der Waals surface area contributed by atoms with Crippen LogP contribution >= 0.6 is 0 Å². The summed E-state index contributed by atoms with van der Waals surface area (Å²) in [5, 5.41) is 0. The minimum absolute atomic E-state index is 1.24. The normalized spacial score (nSPS) is 10.6. The molecular weight excluding hydrogens is 1500 g/mol. The van der Waals surface area contributed by atoms with Gasteiger partial charge in [-0.25, -0.2) is 0 Å². The van der Waals surface area contributed by atoms with E-state index in [1.165, 1.54) is 195 Å². The first-order chi connectivity index (χ1) is 61.5. The molecule has 0 aliphatic carbocycles. The molecular formula is C125H100. The van der Waals surface area contributed by atoms with Gasteiger partial charge in [-0.2, -0.15) is 0 Å². The standard InChI is InChI=1S/5C25H20/c1-19-9-8-14-22(15-19)25-17-23(20-10-4-2-5-11-20)16-24(18-25)21-12-6-3-7-13-21;1-19-16-24(21-10-6-3-7-11-21)18-25(17-19)23-14-12-22(13-15-23)20-8-4-2-5-9-20;1-19-12-14-22(15-13-19)25-17-23(20-8-4-2-5-9-20)16-24(18-25)21-10-6-3-7-11-21;1-19-7-5-10-23(17-19)25-12-6-11-24(18-25)22-15-13-21(14-16-22)20-8-3-2-4-9-20;1-19-10-12-22(13-11-19)24-8-5-9-25(18-24)23-16-14-21(15-17-23)20-6-3-2-4-7-20/h5*2-18H,1H3. The Hall–Kier alpha value is -15.6. The second-order valence-corrected chi connectivity index (χ2v) is 32.0. The van der Waals surface area contributed by atoms with Gasteiger partial charge in [0.25, 0.3) is 0 Å². The predicted molar refractivity (Wildman–Crippen MR) is 537 cm³/mol. The Bertz CT molecular complexity index is 6690. The van der Waals surface area contributed by atoms with Crippen molar-refractivity contribution in [2.24, 2.45) is 0 Å². The van der Waals surface area contributed by atoms with Crippen LogP contribution < -0.4 is 0 Å². The van der Waals surface area contributed by atoms with Gasteiger partial charge in [0.1, 0.15) is 0 Å². The fraction of sp³-hybridized carbons (Fsp3) is 0.0400. The van der Waals surface area contributed by atoms with Crippen LogP contribution in [0.15, 0.2) is 516 Å². The lowest BCUT2D eigenvalue weighted by Gasteiger charge is -2.11. The lowest BCUT2D eigenvalue weighted by molar-refractivity contribution is 1.46. The monoisotopic (exact) mass is 1600 g/mol. The van der Waals surface area contributed by atoms with Crippen molar-refractivity contribution in [3.63, 3.8) is 0 Å². The Labute approximate surface area is 739 Å². The third-order valence-electron chi connectivity index (χ3n) is 22.7. The second-order valence-electron chi connectivity index (χ2n) is 32.0. The average molecular weight is 1600 g/mol. The zero-order valence-electron chi connectivity index (χ0n) is 71.6. The van der Waals surface area contributed by atoms with Crippen molar-refractivity contribution in [2.75, 3.05) is 0 Å². The number of hydrogen-bond donors (Lipinski definition) is 0. The first kappa shape index (κ1) is 83.1. The van der Waals surface area contributed by atoms with Gasteiger partial charge in [0, 0.05) is 0 Å². The summed E-state index contributed by atoms with van der Waals surface area (Å²) in [6.45, 7) is 10.7. The second kappa shape index (κ2) is 41.1. The molecule has 0 bridgehead atoms. The van der Waals surface area contributed by atoms with Crippen LogP contribution in [0.5, 0.6) is 0 Å². The summed E-state index contributed by atoms with van der Waals surface area (Å²) in [4.78, 5) is 0. The van der Waals surface area contributed by atoms with Gasteiger partial charge in [0.05, 0.1) is 0 Å². The molecule has 0 heterocycles. The summed E-state index contributed by atoms with van der Waals surface area (Å²) in [6.07, 6.45) is 0. The summed E-state index contributed by atoms with van der Waals surface area (Å²) in [6, 6.07) is 184. The molecule has 0 saturated carbocycles. The van der Waals surface area contributed by atoms with Crippen LogP contribution in [0.3, 0.4) is 0 Å². The third-order valence-corrected chi connectivity index (χ3v) is 22.7. The molecule has 0 nitrogen and oxygen atoms in total. The zero-order chi connectivity index (χ0) is 85.3. The van der Waals surface area contributed by atoms with Gasteiger partial charge in [-0.3, -0.25) is 0 Å². The van der Waals surface area contributed by atoms with E-state index in [4.69, 9.17) is 0 Å². The van der Waals surface area contributed by atoms with Crippen molar-refractivity contribution in [1.29, 1.82) is 0 Å². The first-order valence-corrected chi connectivity index (χ1v) is 43.1. The van der Waals surface area contributed by atoms with Crippen molar-refractivity contribution < 1.29 is 0 Å². The molecule has 0 aromatic heterocycles. The molecule has 0 radical (unpaired) electrons. The number of benzene rings is 20. The SMILES string of the molecule is Cc1cc(-c2ccccc2)cc(-c2ccc(-c3ccccc3)cc2)c1.Cc1ccc(-c2cc(-c3ccccc3)cc(-c3ccccc3)c2)cc1.Cc1ccc(-c2cccc(-c3ccc(-c4ccccc4)cc3)c2)cc1.Cc1cccc(-c2cc(-c3ccccc3)cc(-c3ccccc3)c2)c1.Cc1cccc(-c2cccc(-c3ccc(-c4ccccc4)cc3)c2)c1. The Morgan fingerprint density at radius 3 is 0.416 bits per heavy atom. The van der Waals surface area contributed by atoms with Crippen molar-refractivity contribution >= 4 is 0 Å². The highest BCUT2D eigenvalue weighted by Crippen LogP contribution is 2.38. The van der Waals surface area contributed by atoms with Crippen LogP contribution in [0.2, 0.25) is 0 Å². The molecule has 20 aromatic rings. The molecule has 125 heavy (non-hydrogen) atoms. The molecule has 0 atom stereocenters. The molecule has 0 N–H and O–H groups in total. The van der Waals surface area contributed by atoms with Crippen LogP contribution in [0.1, 0.15) is 27.8 Å². The summed E-state index contributed by atoms with van der Waals surface area (Å²) >= 11 is 0. The molecule has 0 aliphatic heterocycles. The molecule has 0 spiro atoms. The van der Waals surface area contributed by atoms with Crippen LogP contribution in [0.4, 0.5) is 0 Å². The van der Waals surface area contributed by atoms with Crippen molar-refractivity contribution in [3.8, 4) is 167 Å². The minimum atomic E-state index is 1.24. The topological polar surface area (TPSA) is 0 Å². The van der Waals surface area contributed by atoms with E-state index in [9.17, 15) is 0 Å². The fourth-order valence-corrected chi connectivity index (χ4v) is 15.9. The molecule has 600 valence electrons. The first-order valence-electron chi connectivity index (χ1n) is 43.1. The van der Waals surface area contributed by atoms with Crippen LogP contribution in [-0.4, -0.2) is 0 Å². The highest BCUT2D eigenvalue weighted by molar-refractivity contribution is 5.85. The van der Waals surface area contributed by atoms with Crippen LogP contribution in [0, 0.1) is 34.6 Å². The lowest BCUT2D eigenvalue weighted by Crippen LogP contribution is -1.86. The Kier molecular flexibility index (Phi) is 27.3. The number of hydrogen-bond acceptors (Lipinski definition) is 0. The number of rotatable bonds is 15. The van der Waals surface area contributed by atoms with E-state index in [1.54, 1.807) is 0 Å². The van der Waals surface area contributed by atoms with Gasteiger partial charge in [0.15, 0.2) is 0 Å². The van der Waals surface area contributed by atoms with E-state index in [0.29, 0.717) is 0 Å². The maximum atomic E-state index is 2.29. The summed E-state index contributed by atoms with van der Waals surface area (Å²) in [5.41, 5.74) is 44.0. The minimum Gasteiger partial charge on any atom is -0.0622 e. The van der Waals surface area contributed by atoms with Crippen molar-refractivity contribution in [1.82, 2.24) is 0 Å². The van der Waals surface area contributed by atoms with E-state index in [2.05, 4.69) is 550 Å². The highest BCUT2D eigenvalue weighted by atomic mass is 14.2. The predicted octanol–water partition coefficient (Wildman–Crippen LogP) is 35.0. The van der Waals surface area contributed by atoms with Gasteiger partial charge >= 0.3 is 0 Å². The van der Waals surface area contributed by atoms with Crippen LogP contribution in [0.25, 0.3) is 167 Å². The molecule has 0 fully saturated rings. The average Bonchev–Trinajstić information content (AvgIpc) is 0.799. The highest BCUT2D eigenvalue weighted by Gasteiger charge is 2.13. The van der Waals surface area contributed by atoms with Gasteiger partial charge in [-0.15, -0.1) is 0 Å². The van der Waals surface area contributed by atoms with Crippen molar-refractivity contribution in [3.05, 3.63) is 543 Å². The third kappa shape index (κ3) is 22.3. The maximum Gasteiger partial charge on any atom is -0.0172 e. The molecule has 0 saturated heterocycles. The Morgan fingerprint density at radius 2 is 0.192 bits per heavy atom. The van der Waals surface area contributed by atoms with Crippen molar-refractivity contribution in [2.45, 2.75) is 34.6 Å². The van der Waals surface area contributed by atoms with Gasteiger partial charge in [-0.05, 0) is 262 Å². The zero-order valence-corrected chi connectivity index (χ0v) is 71.6. The summed E-state index contributed by atoms with van der Waals surface area (Å²) in [5.74, 6) is 0. The molecule has 0 heteroatoms. The van der Waals surface area contributed by atoms with Gasteiger partial charge < -0.3 is 0 Å². The Balaban J connectivity index is 0.000000115. The van der Waals surface area contributed by atoms with Gasteiger partial charge in [0.2, 0.25) is 0 Å². The maximum absolute atomic E-state index is 2.29. The number of aryl methyl sites for hydroxylation is 5. The smallest absolute Gasteiger partial charge is 0.0172 e. The quantitative estimate of drug-likeness (QED) is 0.0960. The molecule has 20 aromatic carbocycles. The van der Waals surface area contributed by atoms with E-state index in [0.717, 1.165) is 0 Å². The molecule has 0 aliphatic rings. The van der Waals surface area contributed by atoms with E-state index in [-0.39, 0.29) is 0 Å². The lowest BCUT2D eigenvalue weighted by atomic mass is 9.93.